The maximum atomic E-state index is 4.60. The van der Waals surface area contributed by atoms with Gasteiger partial charge >= 0.3 is 0 Å². The van der Waals surface area contributed by atoms with Gasteiger partial charge in [0.05, 0.1) is 22.8 Å². The molecule has 1 aliphatic rings. The molecule has 4 aromatic rings. The topological polar surface area (TPSA) is 70.2 Å². The molecule has 0 amide bonds. The van der Waals surface area contributed by atoms with E-state index in [4.69, 9.17) is 0 Å². The first-order chi connectivity index (χ1) is 14.7. The fraction of sp³-hybridized carbons (Fsp3) is 0.0800. The molecule has 4 heterocycles. The van der Waals surface area contributed by atoms with Gasteiger partial charge in [-0.3, -0.25) is 15.1 Å². The van der Waals surface area contributed by atoms with E-state index in [0.29, 0.717) is 0 Å². The standard InChI is InChI=1S/C25H21N5/c1-3-22-20(11-16(2)18-9-6-10-26-13-18)25(30-29-22)23-12-19-21(17-7-4-5-8-17)14-27-15-24(19)28-23/h3-4,6-15,28-29H,2,5H2,1H3/b20-11+,22-3+. The SMILES string of the molecule is C=C(/C=c1/c(-c2cc3c(C4=CCC=C4)cncc3[nH]2)n[nH]/c1=C/C)c1cccnc1. The van der Waals surface area contributed by atoms with Crippen molar-refractivity contribution in [3.8, 4) is 11.4 Å². The fourth-order valence-electron chi connectivity index (χ4n) is 3.81. The molecule has 30 heavy (non-hydrogen) atoms. The van der Waals surface area contributed by atoms with Crippen LogP contribution in [0.1, 0.15) is 24.5 Å². The van der Waals surface area contributed by atoms with E-state index in [-0.39, 0.29) is 0 Å². The van der Waals surface area contributed by atoms with Gasteiger partial charge in [-0.05, 0) is 48.3 Å². The average molecular weight is 391 g/mol. The zero-order valence-electron chi connectivity index (χ0n) is 16.7. The van der Waals surface area contributed by atoms with Gasteiger partial charge in [-0.2, -0.15) is 5.10 Å². The summed E-state index contributed by atoms with van der Waals surface area (Å²) in [5, 5.41) is 10.8. The smallest absolute Gasteiger partial charge is 0.116 e. The number of pyridine rings is 2. The van der Waals surface area contributed by atoms with Gasteiger partial charge in [0.1, 0.15) is 5.69 Å². The highest BCUT2D eigenvalue weighted by molar-refractivity contribution is 5.97. The summed E-state index contributed by atoms with van der Waals surface area (Å²) < 4.78 is 0. The van der Waals surface area contributed by atoms with E-state index < -0.39 is 0 Å². The normalized spacial score (nSPS) is 14.6. The molecule has 5 rings (SSSR count). The molecule has 2 N–H and O–H groups in total. The molecule has 0 spiro atoms. The van der Waals surface area contributed by atoms with Crippen molar-refractivity contribution in [1.82, 2.24) is 25.1 Å². The van der Waals surface area contributed by atoms with Crippen molar-refractivity contribution in [1.29, 1.82) is 0 Å². The van der Waals surface area contributed by atoms with E-state index >= 15 is 0 Å². The van der Waals surface area contributed by atoms with Gasteiger partial charge in [0.25, 0.3) is 0 Å². The first kappa shape index (κ1) is 18.1. The number of hydrogen-bond acceptors (Lipinski definition) is 3. The van der Waals surface area contributed by atoms with Crippen LogP contribution in [0.4, 0.5) is 0 Å². The number of rotatable bonds is 4. The van der Waals surface area contributed by atoms with Crippen LogP contribution in [0.3, 0.4) is 0 Å². The summed E-state index contributed by atoms with van der Waals surface area (Å²) in [7, 11) is 0. The van der Waals surface area contributed by atoms with Crippen molar-refractivity contribution in [3.63, 3.8) is 0 Å². The first-order valence-corrected chi connectivity index (χ1v) is 9.90. The van der Waals surface area contributed by atoms with Crippen LogP contribution in [0.15, 0.2) is 67.8 Å². The summed E-state index contributed by atoms with van der Waals surface area (Å²) in [6.07, 6.45) is 18.9. The third-order valence-electron chi connectivity index (χ3n) is 5.36. The van der Waals surface area contributed by atoms with Crippen molar-refractivity contribution in [2.75, 3.05) is 0 Å². The summed E-state index contributed by atoms with van der Waals surface area (Å²) in [6, 6.07) is 6.07. The predicted octanol–water partition coefficient (Wildman–Crippen LogP) is 3.99. The number of hydrogen-bond donors (Lipinski definition) is 2. The third-order valence-corrected chi connectivity index (χ3v) is 5.36. The number of allylic oxidation sites excluding steroid dienone is 5. The Morgan fingerprint density at radius 1 is 1.20 bits per heavy atom. The highest BCUT2D eigenvalue weighted by Crippen LogP contribution is 2.30. The minimum absolute atomic E-state index is 0.853. The van der Waals surface area contributed by atoms with Crippen molar-refractivity contribution in [2.45, 2.75) is 13.3 Å². The molecule has 0 saturated carbocycles. The Kier molecular flexibility index (Phi) is 4.48. The van der Waals surface area contributed by atoms with Crippen molar-refractivity contribution in [3.05, 3.63) is 89.5 Å². The Morgan fingerprint density at radius 3 is 2.90 bits per heavy atom. The molecule has 0 fully saturated rings. The lowest BCUT2D eigenvalue weighted by atomic mass is 10.0. The number of nitrogens with zero attached hydrogens (tertiary/aromatic N) is 3. The third kappa shape index (κ3) is 3.10. The Labute approximate surface area is 173 Å². The van der Waals surface area contributed by atoms with E-state index in [1.54, 1.807) is 6.20 Å². The molecule has 0 saturated heterocycles. The van der Waals surface area contributed by atoms with Gasteiger partial charge in [0.2, 0.25) is 0 Å². The maximum Gasteiger partial charge on any atom is 0.116 e. The van der Waals surface area contributed by atoms with E-state index in [0.717, 1.165) is 56.0 Å². The number of aromatic amines is 2. The minimum Gasteiger partial charge on any atom is -0.352 e. The van der Waals surface area contributed by atoms with Crippen LogP contribution in [0.5, 0.6) is 0 Å². The molecule has 1 aliphatic carbocycles. The summed E-state index contributed by atoms with van der Waals surface area (Å²) in [5.74, 6) is 0. The summed E-state index contributed by atoms with van der Waals surface area (Å²) in [5.41, 5.74) is 6.99. The molecule has 0 bridgehead atoms. The zero-order chi connectivity index (χ0) is 20.5. The quantitative estimate of drug-likeness (QED) is 0.553. The van der Waals surface area contributed by atoms with E-state index in [9.17, 15) is 0 Å². The van der Waals surface area contributed by atoms with Crippen LogP contribution < -0.4 is 10.6 Å². The van der Waals surface area contributed by atoms with Crippen LogP contribution in [0.2, 0.25) is 0 Å². The first-order valence-electron chi connectivity index (χ1n) is 9.90. The van der Waals surface area contributed by atoms with Crippen molar-refractivity contribution < 1.29 is 0 Å². The number of aromatic nitrogens is 5. The van der Waals surface area contributed by atoms with Gasteiger partial charge in [0.15, 0.2) is 0 Å². The summed E-state index contributed by atoms with van der Waals surface area (Å²) >= 11 is 0. The van der Waals surface area contributed by atoms with Gasteiger partial charge < -0.3 is 4.98 Å². The number of fused-ring (bicyclic) bond motifs is 1. The van der Waals surface area contributed by atoms with E-state index in [1.165, 1.54) is 5.57 Å². The monoisotopic (exact) mass is 391 g/mol. The van der Waals surface area contributed by atoms with Crippen molar-refractivity contribution >= 4 is 34.2 Å². The minimum atomic E-state index is 0.853. The lowest BCUT2D eigenvalue weighted by Crippen LogP contribution is -2.23. The number of H-pyrrole nitrogens is 2. The molecule has 5 nitrogen and oxygen atoms in total. The second-order valence-corrected chi connectivity index (χ2v) is 7.23. The molecule has 4 aromatic heterocycles. The number of nitrogens with one attached hydrogen (secondary N) is 2. The molecular weight excluding hydrogens is 370 g/mol. The van der Waals surface area contributed by atoms with Gasteiger partial charge in [-0.15, -0.1) is 0 Å². The van der Waals surface area contributed by atoms with Gasteiger partial charge in [-0.25, -0.2) is 0 Å². The molecule has 0 radical (unpaired) electrons. The molecule has 5 heteroatoms. The molecule has 0 atom stereocenters. The summed E-state index contributed by atoms with van der Waals surface area (Å²) in [4.78, 5) is 12.1. The maximum absolute atomic E-state index is 4.60. The highest BCUT2D eigenvalue weighted by Gasteiger charge is 2.14. The predicted molar refractivity (Wildman–Crippen MR) is 123 cm³/mol. The van der Waals surface area contributed by atoms with Crippen molar-refractivity contribution in [2.24, 2.45) is 0 Å². The summed E-state index contributed by atoms with van der Waals surface area (Å²) in [6.45, 7) is 6.23. The molecule has 0 unspecified atom stereocenters. The van der Waals surface area contributed by atoms with Crippen LogP contribution in [-0.4, -0.2) is 25.1 Å². The highest BCUT2D eigenvalue weighted by atomic mass is 15.1. The zero-order valence-corrected chi connectivity index (χ0v) is 16.7. The van der Waals surface area contributed by atoms with Gasteiger partial charge in [0, 0.05) is 34.8 Å². The second kappa shape index (κ2) is 7.44. The average Bonchev–Trinajstić information content (AvgIpc) is 3.53. The fourth-order valence-corrected chi connectivity index (χ4v) is 3.81. The van der Waals surface area contributed by atoms with E-state index in [1.807, 2.05) is 43.7 Å². The molecule has 146 valence electrons. The lowest BCUT2D eigenvalue weighted by Gasteiger charge is -2.00. The molecular formula is C25H21N5. The van der Waals surface area contributed by atoms with Crippen LogP contribution in [0, 0.1) is 0 Å². The van der Waals surface area contributed by atoms with Crippen LogP contribution in [0.25, 0.3) is 45.6 Å². The largest absolute Gasteiger partial charge is 0.352 e. The lowest BCUT2D eigenvalue weighted by molar-refractivity contribution is 1.06. The molecule has 0 aliphatic heterocycles. The van der Waals surface area contributed by atoms with Crippen LogP contribution >= 0.6 is 0 Å². The Morgan fingerprint density at radius 2 is 2.13 bits per heavy atom. The molecule has 0 aromatic carbocycles. The van der Waals surface area contributed by atoms with E-state index in [2.05, 4.69) is 62.1 Å². The Hall–Kier alpha value is -3.99. The van der Waals surface area contributed by atoms with Gasteiger partial charge in [-0.1, -0.05) is 36.9 Å². The van der Waals surface area contributed by atoms with Crippen LogP contribution in [-0.2, 0) is 0 Å². The second-order valence-electron chi connectivity index (χ2n) is 7.23. The Balaban J connectivity index is 1.67. The Bertz CT molecular complexity index is 1430.